The Morgan fingerprint density at radius 2 is 1.92 bits per heavy atom. The summed E-state index contributed by atoms with van der Waals surface area (Å²) in [5.41, 5.74) is -1.32. The molecule has 3 aliphatic carbocycles. The molecule has 1 aliphatic heterocycles. The minimum Gasteiger partial charge on any atom is -0.479 e. The predicted octanol–water partition coefficient (Wildman–Crippen LogP) is 1.93. The Morgan fingerprint density at radius 3 is 2.63 bits per heavy atom. The first-order valence-electron chi connectivity index (χ1n) is 13.8. The van der Waals surface area contributed by atoms with Crippen LogP contribution in [-0.4, -0.2) is 65.0 Å². The molecule has 38 heavy (non-hydrogen) atoms. The van der Waals surface area contributed by atoms with Crippen LogP contribution in [0.15, 0.2) is 12.1 Å². The SMILES string of the molecule is C[C@@H]1CC[C@@]23CCC(O)[C@H]2[C@]1(C)[C@H](OC(=O)COc1ccc2c(c1F)B(O)OC2)C[C@@](C)(CO)[C@@H](O)[C@@H]3C. The predicted molar refractivity (Wildman–Crippen MR) is 137 cm³/mol. The van der Waals surface area contributed by atoms with E-state index in [1.165, 1.54) is 6.07 Å². The van der Waals surface area contributed by atoms with Crippen molar-refractivity contribution in [3.63, 3.8) is 0 Å². The van der Waals surface area contributed by atoms with Crippen LogP contribution < -0.4 is 10.2 Å². The van der Waals surface area contributed by atoms with Crippen LogP contribution in [0.3, 0.4) is 0 Å². The number of carbonyl (C=O) groups excluding carboxylic acids is 1. The summed E-state index contributed by atoms with van der Waals surface area (Å²) >= 11 is 0. The number of aliphatic hydroxyl groups is 3. The van der Waals surface area contributed by atoms with Crippen LogP contribution >= 0.6 is 0 Å². The lowest BCUT2D eigenvalue weighted by atomic mass is 9.43. The quantitative estimate of drug-likeness (QED) is 0.334. The summed E-state index contributed by atoms with van der Waals surface area (Å²) in [6.07, 6.45) is 1.23. The van der Waals surface area contributed by atoms with Crippen LogP contribution in [-0.2, 0) is 20.8 Å². The summed E-state index contributed by atoms with van der Waals surface area (Å²) in [7, 11) is -1.38. The van der Waals surface area contributed by atoms with Crippen molar-refractivity contribution in [2.45, 2.75) is 84.7 Å². The Balaban J connectivity index is 1.43. The Kier molecular flexibility index (Phi) is 7.13. The van der Waals surface area contributed by atoms with E-state index < -0.39 is 54.7 Å². The normalized spacial score (nSPS) is 42.2. The summed E-state index contributed by atoms with van der Waals surface area (Å²) in [5, 5.41) is 43.2. The Morgan fingerprint density at radius 1 is 1.21 bits per heavy atom. The molecule has 9 atom stereocenters. The fourth-order valence-electron chi connectivity index (χ4n) is 8.50. The van der Waals surface area contributed by atoms with Gasteiger partial charge in [0.2, 0.25) is 0 Å². The molecule has 0 amide bonds. The zero-order valence-corrected chi connectivity index (χ0v) is 22.7. The zero-order valence-electron chi connectivity index (χ0n) is 22.7. The number of rotatable bonds is 5. The molecule has 3 saturated carbocycles. The summed E-state index contributed by atoms with van der Waals surface area (Å²) in [6, 6.07) is 2.98. The first-order chi connectivity index (χ1) is 17.9. The lowest BCUT2D eigenvalue weighted by molar-refractivity contribution is -0.228. The van der Waals surface area contributed by atoms with Gasteiger partial charge in [0.1, 0.15) is 6.10 Å². The van der Waals surface area contributed by atoms with Crippen LogP contribution in [0.2, 0.25) is 0 Å². The highest BCUT2D eigenvalue weighted by Crippen LogP contribution is 2.68. The van der Waals surface area contributed by atoms with Crippen LogP contribution in [0.1, 0.15) is 65.4 Å². The van der Waals surface area contributed by atoms with Crippen molar-refractivity contribution in [3.05, 3.63) is 23.5 Å². The number of ether oxygens (including phenoxy) is 2. The second kappa shape index (κ2) is 9.73. The molecule has 2 bridgehead atoms. The van der Waals surface area contributed by atoms with Gasteiger partial charge in [-0.25, -0.2) is 9.18 Å². The molecule has 10 heteroatoms. The van der Waals surface area contributed by atoms with Crippen LogP contribution in [0, 0.1) is 39.8 Å². The number of carbonyl (C=O) groups is 1. The van der Waals surface area contributed by atoms with Crippen LogP contribution in [0.25, 0.3) is 0 Å². The monoisotopic (exact) mass is 534 g/mol. The maximum Gasteiger partial charge on any atom is 0.494 e. The largest absolute Gasteiger partial charge is 0.494 e. The molecule has 8 nitrogen and oxygen atoms in total. The Hall–Kier alpha value is -1.72. The van der Waals surface area contributed by atoms with Crippen molar-refractivity contribution in [2.75, 3.05) is 13.2 Å². The standard InChI is InChI=1S/C28H40BFO8/c1-15-7-9-28-10-8-18(32)24(28)27(15,4)20(11-26(3,14-31)25(34)16(28)2)38-21(33)13-36-19-6-5-17-12-37-29(35)22(17)23(19)30/h5-6,15-16,18,20,24-25,31-32,34-35H,7-14H2,1-4H3/t15-,16+,18?,20-,24+,25+,26+,27+,28+/m1/s1. The van der Waals surface area contributed by atoms with Gasteiger partial charge in [-0.1, -0.05) is 33.8 Å². The molecule has 0 radical (unpaired) electrons. The third-order valence-corrected chi connectivity index (χ3v) is 11.0. The van der Waals surface area contributed by atoms with Crippen molar-refractivity contribution >= 4 is 18.6 Å². The van der Waals surface area contributed by atoms with Crippen LogP contribution in [0.5, 0.6) is 5.75 Å². The Bertz CT molecular complexity index is 1090. The van der Waals surface area contributed by atoms with Gasteiger partial charge >= 0.3 is 13.1 Å². The van der Waals surface area contributed by atoms with E-state index in [0.717, 1.165) is 19.3 Å². The lowest BCUT2D eigenvalue weighted by Gasteiger charge is -2.63. The van der Waals surface area contributed by atoms with Gasteiger partial charge in [-0.2, -0.15) is 0 Å². The van der Waals surface area contributed by atoms with Gasteiger partial charge < -0.3 is 34.5 Å². The number of esters is 1. The van der Waals surface area contributed by atoms with E-state index in [-0.39, 0.29) is 54.0 Å². The van der Waals surface area contributed by atoms with Gasteiger partial charge in [-0.3, -0.25) is 0 Å². The molecule has 3 fully saturated rings. The fraction of sp³-hybridized carbons (Fsp3) is 0.750. The number of hydrogen-bond acceptors (Lipinski definition) is 8. The molecule has 1 aromatic carbocycles. The van der Waals surface area contributed by atoms with Crippen molar-refractivity contribution in [1.82, 2.24) is 0 Å². The summed E-state index contributed by atoms with van der Waals surface area (Å²) in [4.78, 5) is 13.2. The first kappa shape index (κ1) is 27.8. The van der Waals surface area contributed by atoms with E-state index >= 15 is 0 Å². The molecule has 1 heterocycles. The number of aliphatic hydroxyl groups excluding tert-OH is 3. The second-order valence-corrected chi connectivity index (χ2v) is 12.8. The smallest absolute Gasteiger partial charge is 0.479 e. The number of hydrogen-bond donors (Lipinski definition) is 4. The Labute approximate surface area is 223 Å². The maximum absolute atomic E-state index is 14.9. The molecule has 0 saturated heterocycles. The lowest BCUT2D eigenvalue weighted by Crippen LogP contribution is -2.64. The number of benzene rings is 1. The van der Waals surface area contributed by atoms with Gasteiger partial charge in [0.05, 0.1) is 25.4 Å². The van der Waals surface area contributed by atoms with Crippen molar-refractivity contribution in [1.29, 1.82) is 0 Å². The number of halogens is 1. The average molecular weight is 534 g/mol. The van der Waals surface area contributed by atoms with E-state index in [1.807, 2.05) is 13.8 Å². The minimum absolute atomic E-state index is 0.00723. The van der Waals surface area contributed by atoms with Crippen molar-refractivity contribution < 1.29 is 43.7 Å². The van der Waals surface area contributed by atoms with Crippen LogP contribution in [0.4, 0.5) is 4.39 Å². The third-order valence-electron chi connectivity index (χ3n) is 11.0. The molecule has 1 aromatic rings. The van der Waals surface area contributed by atoms with Gasteiger partial charge in [0.15, 0.2) is 18.2 Å². The summed E-state index contributed by atoms with van der Waals surface area (Å²) < 4.78 is 31.6. The molecule has 0 spiro atoms. The van der Waals surface area contributed by atoms with Crippen molar-refractivity contribution in [2.24, 2.45) is 34.0 Å². The van der Waals surface area contributed by atoms with E-state index in [9.17, 15) is 29.5 Å². The molecule has 1 unspecified atom stereocenters. The second-order valence-electron chi connectivity index (χ2n) is 12.8. The number of fused-ring (bicyclic) bond motifs is 1. The topological polar surface area (TPSA) is 126 Å². The first-order valence-corrected chi connectivity index (χ1v) is 13.8. The third kappa shape index (κ3) is 4.01. The van der Waals surface area contributed by atoms with Crippen molar-refractivity contribution in [3.8, 4) is 5.75 Å². The van der Waals surface area contributed by atoms with Gasteiger partial charge in [0.25, 0.3) is 0 Å². The average Bonchev–Trinajstić information content (AvgIpc) is 3.45. The zero-order chi connectivity index (χ0) is 27.6. The molecular formula is C28H40BFO8. The molecule has 4 aliphatic rings. The highest BCUT2D eigenvalue weighted by molar-refractivity contribution is 6.61. The maximum atomic E-state index is 14.9. The summed E-state index contributed by atoms with van der Waals surface area (Å²) in [6.45, 7) is 7.32. The fourth-order valence-corrected chi connectivity index (χ4v) is 8.50. The summed E-state index contributed by atoms with van der Waals surface area (Å²) in [5.74, 6) is -1.87. The van der Waals surface area contributed by atoms with E-state index in [2.05, 4.69) is 13.8 Å². The molecule has 4 N–H and O–H groups in total. The molecular weight excluding hydrogens is 494 g/mol. The van der Waals surface area contributed by atoms with E-state index in [4.69, 9.17) is 14.1 Å². The van der Waals surface area contributed by atoms with E-state index in [0.29, 0.717) is 12.0 Å². The van der Waals surface area contributed by atoms with Gasteiger partial charge in [0, 0.05) is 16.3 Å². The molecule has 0 aromatic heterocycles. The highest BCUT2D eigenvalue weighted by atomic mass is 19.1. The van der Waals surface area contributed by atoms with Gasteiger partial charge in [-0.15, -0.1) is 0 Å². The molecule has 5 rings (SSSR count). The minimum atomic E-state index is -1.38. The molecule has 210 valence electrons. The van der Waals surface area contributed by atoms with Gasteiger partial charge in [-0.05, 0) is 66.9 Å². The highest BCUT2D eigenvalue weighted by Gasteiger charge is 2.68. The van der Waals surface area contributed by atoms with E-state index in [1.54, 1.807) is 6.07 Å².